The highest BCUT2D eigenvalue weighted by Gasteiger charge is 2.24. The predicted octanol–water partition coefficient (Wildman–Crippen LogP) is 4.41. The summed E-state index contributed by atoms with van der Waals surface area (Å²) in [5, 5.41) is 6.16. The van der Waals surface area contributed by atoms with Crippen LogP contribution in [0.2, 0.25) is 5.02 Å². The van der Waals surface area contributed by atoms with Gasteiger partial charge in [0, 0.05) is 0 Å². The summed E-state index contributed by atoms with van der Waals surface area (Å²) in [4.78, 5) is 12.3. The first kappa shape index (κ1) is 17.9. The van der Waals surface area contributed by atoms with Crippen molar-refractivity contribution in [1.82, 2.24) is 5.32 Å². The summed E-state index contributed by atoms with van der Waals surface area (Å²) in [7, 11) is 3.16. The van der Waals surface area contributed by atoms with E-state index in [1.807, 2.05) is 32.0 Å². The maximum Gasteiger partial charge on any atom is 0.319 e. The molecule has 5 nitrogen and oxygen atoms in total. The predicted molar refractivity (Wildman–Crippen MR) is 96.2 cm³/mol. The van der Waals surface area contributed by atoms with Gasteiger partial charge in [0.15, 0.2) is 11.5 Å². The van der Waals surface area contributed by atoms with E-state index < -0.39 is 5.54 Å². The van der Waals surface area contributed by atoms with E-state index in [-0.39, 0.29) is 6.03 Å². The number of amides is 2. The smallest absolute Gasteiger partial charge is 0.319 e. The van der Waals surface area contributed by atoms with Crippen LogP contribution in [0.15, 0.2) is 42.5 Å². The van der Waals surface area contributed by atoms with Gasteiger partial charge in [-0.1, -0.05) is 29.8 Å². The maximum absolute atomic E-state index is 12.3. The number of carbonyl (C=O) groups is 1. The van der Waals surface area contributed by atoms with Gasteiger partial charge < -0.3 is 20.1 Å². The molecule has 0 aliphatic heterocycles. The minimum atomic E-state index is -0.620. The Morgan fingerprint density at radius 1 is 1.04 bits per heavy atom. The van der Waals surface area contributed by atoms with Gasteiger partial charge in [0.2, 0.25) is 0 Å². The molecule has 6 heteroatoms. The number of carbonyl (C=O) groups excluding carboxylic acids is 1. The fourth-order valence-corrected chi connectivity index (χ4v) is 2.48. The molecule has 2 N–H and O–H groups in total. The van der Waals surface area contributed by atoms with Crippen LogP contribution in [0, 0.1) is 0 Å². The molecule has 2 aromatic carbocycles. The molecule has 24 heavy (non-hydrogen) atoms. The van der Waals surface area contributed by atoms with E-state index in [0.29, 0.717) is 22.2 Å². The van der Waals surface area contributed by atoms with Gasteiger partial charge in [-0.15, -0.1) is 0 Å². The van der Waals surface area contributed by atoms with Crippen LogP contribution < -0.4 is 20.1 Å². The Hall–Kier alpha value is -2.40. The molecular formula is C18H21ClN2O3. The summed E-state index contributed by atoms with van der Waals surface area (Å²) in [5.74, 6) is 1.24. The third kappa shape index (κ3) is 4.11. The molecule has 0 fully saturated rings. The van der Waals surface area contributed by atoms with Crippen molar-refractivity contribution in [2.24, 2.45) is 0 Å². The molecule has 0 atom stereocenters. The largest absolute Gasteiger partial charge is 0.493 e. The van der Waals surface area contributed by atoms with Crippen molar-refractivity contribution in [2.45, 2.75) is 19.4 Å². The van der Waals surface area contributed by atoms with Crippen LogP contribution in [-0.4, -0.2) is 20.3 Å². The van der Waals surface area contributed by atoms with Gasteiger partial charge >= 0.3 is 6.03 Å². The minimum Gasteiger partial charge on any atom is -0.493 e. The van der Waals surface area contributed by atoms with E-state index in [4.69, 9.17) is 21.1 Å². The Morgan fingerprint density at radius 3 is 2.33 bits per heavy atom. The number of para-hydroxylation sites is 1. The molecule has 0 saturated heterocycles. The highest BCUT2D eigenvalue weighted by Crippen LogP contribution is 2.32. The van der Waals surface area contributed by atoms with Crippen molar-refractivity contribution in [3.8, 4) is 11.5 Å². The lowest BCUT2D eigenvalue weighted by molar-refractivity contribution is 0.241. The summed E-state index contributed by atoms with van der Waals surface area (Å²) in [5.41, 5.74) is 0.819. The monoisotopic (exact) mass is 348 g/mol. The zero-order valence-electron chi connectivity index (χ0n) is 14.1. The maximum atomic E-state index is 12.3. The van der Waals surface area contributed by atoms with Crippen molar-refractivity contribution in [2.75, 3.05) is 19.5 Å². The highest BCUT2D eigenvalue weighted by atomic mass is 35.5. The first-order valence-corrected chi connectivity index (χ1v) is 7.81. The third-order valence-corrected chi connectivity index (χ3v) is 3.98. The summed E-state index contributed by atoms with van der Waals surface area (Å²) < 4.78 is 10.6. The van der Waals surface area contributed by atoms with E-state index in [1.54, 1.807) is 38.5 Å². The Labute approximate surface area is 146 Å². The SMILES string of the molecule is COc1ccc(C(C)(C)NC(=O)Nc2ccccc2Cl)cc1OC. The van der Waals surface area contributed by atoms with Gasteiger partial charge in [-0.05, 0) is 43.7 Å². The van der Waals surface area contributed by atoms with Gasteiger partial charge in [-0.25, -0.2) is 4.79 Å². The van der Waals surface area contributed by atoms with Crippen molar-refractivity contribution in [3.63, 3.8) is 0 Å². The van der Waals surface area contributed by atoms with E-state index in [9.17, 15) is 4.79 Å². The second-order valence-electron chi connectivity index (χ2n) is 5.75. The second kappa shape index (κ2) is 7.45. The highest BCUT2D eigenvalue weighted by molar-refractivity contribution is 6.33. The fourth-order valence-electron chi connectivity index (χ4n) is 2.30. The van der Waals surface area contributed by atoms with Gasteiger partial charge in [-0.3, -0.25) is 0 Å². The van der Waals surface area contributed by atoms with E-state index >= 15 is 0 Å². The molecule has 2 rings (SSSR count). The summed E-state index contributed by atoms with van der Waals surface area (Å²) in [6.45, 7) is 3.81. The molecule has 0 aliphatic rings. The summed E-state index contributed by atoms with van der Waals surface area (Å²) >= 11 is 6.06. The molecule has 0 saturated carbocycles. The lowest BCUT2D eigenvalue weighted by Crippen LogP contribution is -2.43. The van der Waals surface area contributed by atoms with Crippen LogP contribution in [-0.2, 0) is 5.54 Å². The summed E-state index contributed by atoms with van der Waals surface area (Å²) in [6, 6.07) is 12.3. The lowest BCUT2D eigenvalue weighted by atomic mass is 9.94. The number of methoxy groups -OCH3 is 2. The Bertz CT molecular complexity index is 732. The van der Waals surface area contributed by atoms with E-state index in [2.05, 4.69) is 10.6 Å². The molecule has 0 radical (unpaired) electrons. The lowest BCUT2D eigenvalue weighted by Gasteiger charge is -2.28. The van der Waals surface area contributed by atoms with Crippen molar-refractivity contribution >= 4 is 23.3 Å². The number of hydrogen-bond donors (Lipinski definition) is 2. The van der Waals surface area contributed by atoms with Crippen molar-refractivity contribution in [3.05, 3.63) is 53.1 Å². The normalized spacial score (nSPS) is 10.9. The second-order valence-corrected chi connectivity index (χ2v) is 6.16. The standard InChI is InChI=1S/C18H21ClN2O3/c1-18(2,12-9-10-15(23-3)16(11-12)24-4)21-17(22)20-14-8-6-5-7-13(14)19/h5-11H,1-4H3,(H2,20,21,22). The Balaban J connectivity index is 2.15. The van der Waals surface area contributed by atoms with Crippen LogP contribution in [0.5, 0.6) is 11.5 Å². The number of rotatable bonds is 5. The number of hydrogen-bond acceptors (Lipinski definition) is 3. The fraction of sp³-hybridized carbons (Fsp3) is 0.278. The van der Waals surface area contributed by atoms with Crippen LogP contribution in [0.25, 0.3) is 0 Å². The zero-order chi connectivity index (χ0) is 17.7. The molecule has 0 aromatic heterocycles. The summed E-state index contributed by atoms with van der Waals surface area (Å²) in [6.07, 6.45) is 0. The van der Waals surface area contributed by atoms with E-state index in [0.717, 1.165) is 5.56 Å². The quantitative estimate of drug-likeness (QED) is 0.841. The van der Waals surface area contributed by atoms with Gasteiger partial charge in [0.05, 0.1) is 30.5 Å². The van der Waals surface area contributed by atoms with Crippen LogP contribution in [0.1, 0.15) is 19.4 Å². The molecule has 0 unspecified atom stereocenters. The number of urea groups is 1. The van der Waals surface area contributed by atoms with E-state index in [1.165, 1.54) is 0 Å². The number of halogens is 1. The molecule has 128 valence electrons. The third-order valence-electron chi connectivity index (χ3n) is 3.65. The van der Waals surface area contributed by atoms with Gasteiger partial charge in [0.25, 0.3) is 0 Å². The van der Waals surface area contributed by atoms with Crippen molar-refractivity contribution in [1.29, 1.82) is 0 Å². The first-order chi connectivity index (χ1) is 11.4. The first-order valence-electron chi connectivity index (χ1n) is 7.43. The molecule has 0 heterocycles. The molecule has 0 bridgehead atoms. The van der Waals surface area contributed by atoms with Gasteiger partial charge in [0.1, 0.15) is 0 Å². The number of benzene rings is 2. The number of ether oxygens (including phenoxy) is 2. The van der Waals surface area contributed by atoms with Crippen LogP contribution in [0.4, 0.5) is 10.5 Å². The average molecular weight is 349 g/mol. The topological polar surface area (TPSA) is 59.6 Å². The molecule has 0 spiro atoms. The molecule has 2 aromatic rings. The number of nitrogens with one attached hydrogen (secondary N) is 2. The molecular weight excluding hydrogens is 328 g/mol. The molecule has 2 amide bonds. The molecule has 0 aliphatic carbocycles. The van der Waals surface area contributed by atoms with Crippen LogP contribution in [0.3, 0.4) is 0 Å². The zero-order valence-corrected chi connectivity index (χ0v) is 14.9. The average Bonchev–Trinajstić information content (AvgIpc) is 2.55. The van der Waals surface area contributed by atoms with Crippen LogP contribution >= 0.6 is 11.6 Å². The van der Waals surface area contributed by atoms with Gasteiger partial charge in [-0.2, -0.15) is 0 Å². The Kier molecular flexibility index (Phi) is 5.57. The van der Waals surface area contributed by atoms with Crippen molar-refractivity contribution < 1.29 is 14.3 Å². The number of anilines is 1. The Morgan fingerprint density at radius 2 is 1.71 bits per heavy atom. The minimum absolute atomic E-state index is 0.345.